The molecule has 2 aromatic rings. The van der Waals surface area contributed by atoms with Crippen LogP contribution in [0.5, 0.6) is 17.8 Å². The van der Waals surface area contributed by atoms with Crippen molar-refractivity contribution in [2.45, 2.75) is 33.6 Å². The fourth-order valence-corrected chi connectivity index (χ4v) is 2.16. The third-order valence-electron chi connectivity index (χ3n) is 2.91. The lowest BCUT2D eigenvalue weighted by Crippen LogP contribution is -2.02. The Hall–Kier alpha value is -1.88. The molecule has 0 fully saturated rings. The van der Waals surface area contributed by atoms with E-state index >= 15 is 0 Å². The topological polar surface area (TPSA) is 57.1 Å². The molecule has 0 spiro atoms. The maximum absolute atomic E-state index is 5.83. The second-order valence-corrected chi connectivity index (χ2v) is 5.22. The number of aromatic nitrogens is 3. The number of halogens is 1. The SMILES string of the molecule is CCOc1nc(Cl)nc(Oc2ccc(C(C)C)c(C)c2)n1. The minimum atomic E-state index is 0.0407. The van der Waals surface area contributed by atoms with Gasteiger partial charge < -0.3 is 9.47 Å². The molecule has 1 heterocycles. The summed E-state index contributed by atoms with van der Waals surface area (Å²) >= 11 is 5.83. The molecule has 0 saturated heterocycles. The Bertz CT molecular complexity index is 632. The normalized spacial score (nSPS) is 10.8. The predicted octanol–water partition coefficient (Wildman–Crippen LogP) is 4.15. The van der Waals surface area contributed by atoms with Crippen LogP contribution in [0.15, 0.2) is 18.2 Å². The first-order valence-electron chi connectivity index (χ1n) is 6.82. The number of ether oxygens (including phenoxy) is 2. The highest BCUT2D eigenvalue weighted by Gasteiger charge is 2.10. The summed E-state index contributed by atoms with van der Waals surface area (Å²) in [4.78, 5) is 11.9. The van der Waals surface area contributed by atoms with Gasteiger partial charge in [-0.3, -0.25) is 0 Å². The van der Waals surface area contributed by atoms with Gasteiger partial charge >= 0.3 is 12.0 Å². The van der Waals surface area contributed by atoms with E-state index in [0.29, 0.717) is 18.3 Å². The van der Waals surface area contributed by atoms with Crippen molar-refractivity contribution in [3.05, 3.63) is 34.6 Å². The fourth-order valence-electron chi connectivity index (χ4n) is 2.02. The molecule has 5 nitrogen and oxygen atoms in total. The van der Waals surface area contributed by atoms with Crippen LogP contribution in [0, 0.1) is 6.92 Å². The second-order valence-electron chi connectivity index (χ2n) is 4.88. The lowest BCUT2D eigenvalue weighted by atomic mass is 9.98. The van der Waals surface area contributed by atoms with Crippen molar-refractivity contribution in [2.75, 3.05) is 6.61 Å². The van der Waals surface area contributed by atoms with Crippen molar-refractivity contribution in [1.29, 1.82) is 0 Å². The molecule has 0 N–H and O–H groups in total. The number of rotatable bonds is 5. The van der Waals surface area contributed by atoms with Crippen LogP contribution in [-0.2, 0) is 0 Å². The van der Waals surface area contributed by atoms with Crippen LogP contribution >= 0.6 is 11.6 Å². The number of benzene rings is 1. The summed E-state index contributed by atoms with van der Waals surface area (Å²) in [5.41, 5.74) is 2.44. The smallest absolute Gasteiger partial charge is 0.329 e. The maximum Gasteiger partial charge on any atom is 0.329 e. The van der Waals surface area contributed by atoms with Gasteiger partial charge in [-0.1, -0.05) is 19.9 Å². The molecular weight excluding hydrogens is 290 g/mol. The highest BCUT2D eigenvalue weighted by atomic mass is 35.5. The van der Waals surface area contributed by atoms with Gasteiger partial charge in [-0.25, -0.2) is 0 Å². The zero-order chi connectivity index (χ0) is 15.4. The van der Waals surface area contributed by atoms with Crippen molar-refractivity contribution >= 4 is 11.6 Å². The van der Waals surface area contributed by atoms with Gasteiger partial charge in [0.1, 0.15) is 5.75 Å². The first-order chi connectivity index (χ1) is 9.99. The van der Waals surface area contributed by atoms with E-state index in [0.717, 1.165) is 5.56 Å². The molecular formula is C15H18ClN3O2. The van der Waals surface area contributed by atoms with E-state index in [-0.39, 0.29) is 17.3 Å². The van der Waals surface area contributed by atoms with Crippen molar-refractivity contribution in [2.24, 2.45) is 0 Å². The Morgan fingerprint density at radius 2 is 1.86 bits per heavy atom. The van der Waals surface area contributed by atoms with Gasteiger partial charge in [0, 0.05) is 0 Å². The first kappa shape index (κ1) is 15.5. The van der Waals surface area contributed by atoms with Gasteiger partial charge in [-0.2, -0.15) is 9.97 Å². The minimum Gasteiger partial charge on any atom is -0.464 e. The predicted molar refractivity (Wildman–Crippen MR) is 81.3 cm³/mol. The largest absolute Gasteiger partial charge is 0.464 e. The Morgan fingerprint density at radius 1 is 1.14 bits per heavy atom. The molecule has 1 aromatic carbocycles. The highest BCUT2D eigenvalue weighted by molar-refractivity contribution is 6.28. The van der Waals surface area contributed by atoms with E-state index in [2.05, 4.69) is 28.8 Å². The monoisotopic (exact) mass is 307 g/mol. The minimum absolute atomic E-state index is 0.0407. The number of hydrogen-bond acceptors (Lipinski definition) is 5. The van der Waals surface area contributed by atoms with Crippen molar-refractivity contribution < 1.29 is 9.47 Å². The second kappa shape index (κ2) is 6.72. The lowest BCUT2D eigenvalue weighted by molar-refractivity contribution is 0.303. The van der Waals surface area contributed by atoms with Crippen LogP contribution in [0.25, 0.3) is 0 Å². The summed E-state index contributed by atoms with van der Waals surface area (Å²) in [6, 6.07) is 6.16. The van der Waals surface area contributed by atoms with Crippen LogP contribution < -0.4 is 9.47 Å². The molecule has 0 unspecified atom stereocenters. The molecule has 0 radical (unpaired) electrons. The van der Waals surface area contributed by atoms with Gasteiger partial charge in [0.2, 0.25) is 5.28 Å². The Kier molecular flexibility index (Phi) is 4.96. The molecule has 6 heteroatoms. The lowest BCUT2D eigenvalue weighted by Gasteiger charge is -2.11. The molecule has 1 aromatic heterocycles. The molecule has 21 heavy (non-hydrogen) atoms. The van der Waals surface area contributed by atoms with Crippen molar-refractivity contribution in [1.82, 2.24) is 15.0 Å². The van der Waals surface area contributed by atoms with Gasteiger partial charge in [0.25, 0.3) is 0 Å². The average molecular weight is 308 g/mol. The molecule has 0 aliphatic heterocycles. The van der Waals surface area contributed by atoms with Crippen molar-refractivity contribution in [3.8, 4) is 17.8 Å². The maximum atomic E-state index is 5.83. The fraction of sp³-hybridized carbons (Fsp3) is 0.400. The van der Waals surface area contributed by atoms with E-state index in [1.165, 1.54) is 5.56 Å². The number of aryl methyl sites for hydroxylation is 1. The van der Waals surface area contributed by atoms with Gasteiger partial charge in [0.15, 0.2) is 0 Å². The Morgan fingerprint density at radius 3 is 2.48 bits per heavy atom. The zero-order valence-corrected chi connectivity index (χ0v) is 13.3. The van der Waals surface area contributed by atoms with Crippen LogP contribution in [0.4, 0.5) is 0 Å². The Balaban J connectivity index is 2.23. The summed E-state index contributed by atoms with van der Waals surface area (Å²) in [5.74, 6) is 1.12. The summed E-state index contributed by atoms with van der Waals surface area (Å²) in [7, 11) is 0. The quantitative estimate of drug-likeness (QED) is 0.830. The van der Waals surface area contributed by atoms with Crippen LogP contribution in [0.3, 0.4) is 0 Å². The average Bonchev–Trinajstić information content (AvgIpc) is 2.37. The molecule has 112 valence electrons. The summed E-state index contributed by atoms with van der Waals surface area (Å²) in [6.45, 7) is 8.65. The van der Waals surface area contributed by atoms with E-state index in [9.17, 15) is 0 Å². The molecule has 0 aliphatic rings. The third kappa shape index (κ3) is 4.04. The van der Waals surface area contributed by atoms with E-state index in [1.54, 1.807) is 0 Å². The summed E-state index contributed by atoms with van der Waals surface area (Å²) in [6.07, 6.45) is 0. The molecule has 0 saturated carbocycles. The van der Waals surface area contributed by atoms with Gasteiger partial charge in [0.05, 0.1) is 6.61 Å². The van der Waals surface area contributed by atoms with Crippen molar-refractivity contribution in [3.63, 3.8) is 0 Å². The molecule has 0 atom stereocenters. The Labute approximate surface area is 129 Å². The molecule has 2 rings (SSSR count). The highest BCUT2D eigenvalue weighted by Crippen LogP contribution is 2.26. The number of nitrogens with zero attached hydrogens (tertiary/aromatic N) is 3. The summed E-state index contributed by atoms with van der Waals surface area (Å²) in [5, 5.41) is 0.0407. The third-order valence-corrected chi connectivity index (χ3v) is 3.08. The van der Waals surface area contributed by atoms with Gasteiger partial charge in [-0.05, 0) is 54.6 Å². The van der Waals surface area contributed by atoms with E-state index in [1.807, 2.05) is 32.0 Å². The number of hydrogen-bond donors (Lipinski definition) is 0. The standard InChI is InChI=1S/C15H18ClN3O2/c1-5-20-14-17-13(16)18-15(19-14)21-11-6-7-12(9(2)3)10(4)8-11/h6-9H,5H2,1-4H3. The molecule has 0 amide bonds. The molecule has 0 aliphatic carbocycles. The van der Waals surface area contributed by atoms with Crippen LogP contribution in [-0.4, -0.2) is 21.6 Å². The van der Waals surface area contributed by atoms with E-state index < -0.39 is 0 Å². The van der Waals surface area contributed by atoms with Crippen LogP contribution in [0.2, 0.25) is 5.28 Å². The molecule has 0 bridgehead atoms. The zero-order valence-electron chi connectivity index (χ0n) is 12.6. The first-order valence-corrected chi connectivity index (χ1v) is 7.20. The van der Waals surface area contributed by atoms with Crippen LogP contribution in [0.1, 0.15) is 37.8 Å². The summed E-state index contributed by atoms with van der Waals surface area (Å²) < 4.78 is 10.8. The van der Waals surface area contributed by atoms with E-state index in [4.69, 9.17) is 21.1 Å². The van der Waals surface area contributed by atoms with Gasteiger partial charge in [-0.15, -0.1) is 4.98 Å².